The largest absolute Gasteiger partial charge is 0.465 e. The van der Waals surface area contributed by atoms with Crippen LogP contribution in [0.15, 0.2) is 58.4 Å². The van der Waals surface area contributed by atoms with E-state index in [2.05, 4.69) is 15.1 Å². The summed E-state index contributed by atoms with van der Waals surface area (Å²) >= 11 is 6.23. The van der Waals surface area contributed by atoms with Crippen molar-refractivity contribution in [3.05, 3.63) is 80.7 Å². The average molecular weight is 491 g/mol. The van der Waals surface area contributed by atoms with Gasteiger partial charge >= 0.3 is 5.97 Å². The summed E-state index contributed by atoms with van der Waals surface area (Å²) in [7, 11) is -2.45. The lowest BCUT2D eigenvalue weighted by atomic mass is 10.2. The standard InChI is InChI=1S/C22H23ClN4O5S/c1-14-8-9-15(2)19(12-14)33(30,31)26-11-10-24-17-13-25-27(21(28)20(17)23)18-7-5-4-6-16(18)22(29)32-3/h4-9,12-13,24,26H,10-11H2,1-3H3. The van der Waals surface area contributed by atoms with E-state index in [1.54, 1.807) is 37.3 Å². The van der Waals surface area contributed by atoms with Gasteiger partial charge in [-0.15, -0.1) is 0 Å². The summed E-state index contributed by atoms with van der Waals surface area (Å²) < 4.78 is 33.4. The van der Waals surface area contributed by atoms with Crippen molar-refractivity contribution in [2.75, 3.05) is 25.5 Å². The summed E-state index contributed by atoms with van der Waals surface area (Å²) in [6, 6.07) is 11.6. The molecule has 0 aliphatic carbocycles. The second-order valence-electron chi connectivity index (χ2n) is 7.19. The second kappa shape index (κ2) is 10.2. The number of para-hydroxylation sites is 1. The van der Waals surface area contributed by atoms with Gasteiger partial charge in [-0.05, 0) is 43.2 Å². The molecular weight excluding hydrogens is 468 g/mol. The van der Waals surface area contributed by atoms with Crippen LogP contribution in [0.1, 0.15) is 21.5 Å². The molecule has 0 bridgehead atoms. The molecule has 0 unspecified atom stereocenters. The number of ether oxygens (including phenoxy) is 1. The molecule has 0 radical (unpaired) electrons. The molecule has 174 valence electrons. The summed E-state index contributed by atoms with van der Waals surface area (Å²) in [5, 5.41) is 6.85. The Balaban J connectivity index is 1.73. The van der Waals surface area contributed by atoms with Gasteiger partial charge in [0, 0.05) is 13.1 Å². The van der Waals surface area contributed by atoms with Gasteiger partial charge in [0.1, 0.15) is 5.02 Å². The van der Waals surface area contributed by atoms with Crippen molar-refractivity contribution in [3.8, 4) is 5.69 Å². The topological polar surface area (TPSA) is 119 Å². The van der Waals surface area contributed by atoms with E-state index in [1.807, 2.05) is 13.0 Å². The molecule has 3 rings (SSSR count). The first kappa shape index (κ1) is 24.4. The van der Waals surface area contributed by atoms with Crippen molar-refractivity contribution >= 4 is 33.3 Å². The highest BCUT2D eigenvalue weighted by atomic mass is 35.5. The third kappa shape index (κ3) is 5.41. The van der Waals surface area contributed by atoms with Crippen LogP contribution in [0.25, 0.3) is 5.69 Å². The van der Waals surface area contributed by atoms with E-state index in [0.717, 1.165) is 10.2 Å². The van der Waals surface area contributed by atoms with Crippen LogP contribution in [0, 0.1) is 13.8 Å². The third-order valence-electron chi connectivity index (χ3n) is 4.82. The van der Waals surface area contributed by atoms with Crippen LogP contribution in [0.5, 0.6) is 0 Å². The maximum Gasteiger partial charge on any atom is 0.340 e. The lowest BCUT2D eigenvalue weighted by molar-refractivity contribution is 0.0600. The van der Waals surface area contributed by atoms with Gasteiger partial charge in [-0.2, -0.15) is 9.78 Å². The molecule has 1 heterocycles. The molecule has 33 heavy (non-hydrogen) atoms. The van der Waals surface area contributed by atoms with Crippen LogP contribution in [0.2, 0.25) is 5.02 Å². The molecule has 1 aromatic heterocycles. The summed E-state index contributed by atoms with van der Waals surface area (Å²) in [5.41, 5.74) is 1.46. The SMILES string of the molecule is COC(=O)c1ccccc1-n1ncc(NCCNS(=O)(=O)c2cc(C)ccc2C)c(Cl)c1=O. The minimum Gasteiger partial charge on any atom is -0.465 e. The summed E-state index contributed by atoms with van der Waals surface area (Å²) in [4.78, 5) is 25.0. The lowest BCUT2D eigenvalue weighted by Crippen LogP contribution is -2.30. The van der Waals surface area contributed by atoms with Gasteiger partial charge < -0.3 is 10.1 Å². The Morgan fingerprint density at radius 2 is 1.88 bits per heavy atom. The molecule has 3 aromatic rings. The van der Waals surface area contributed by atoms with Crippen molar-refractivity contribution < 1.29 is 17.9 Å². The molecule has 9 nitrogen and oxygen atoms in total. The van der Waals surface area contributed by atoms with Crippen LogP contribution >= 0.6 is 11.6 Å². The number of hydrogen-bond acceptors (Lipinski definition) is 7. The highest BCUT2D eigenvalue weighted by molar-refractivity contribution is 7.89. The number of hydrogen-bond donors (Lipinski definition) is 2. The Morgan fingerprint density at radius 1 is 1.15 bits per heavy atom. The predicted octanol–water partition coefficient (Wildman–Crippen LogP) is 2.68. The highest BCUT2D eigenvalue weighted by Gasteiger charge is 2.18. The van der Waals surface area contributed by atoms with Gasteiger partial charge in [-0.1, -0.05) is 35.9 Å². The van der Waals surface area contributed by atoms with Gasteiger partial charge in [-0.25, -0.2) is 17.9 Å². The number of anilines is 1. The van der Waals surface area contributed by atoms with E-state index in [9.17, 15) is 18.0 Å². The van der Waals surface area contributed by atoms with Gasteiger partial charge in [0.2, 0.25) is 10.0 Å². The van der Waals surface area contributed by atoms with E-state index in [1.165, 1.54) is 19.4 Å². The molecule has 0 aliphatic heterocycles. The first-order valence-electron chi connectivity index (χ1n) is 9.92. The second-order valence-corrected chi connectivity index (χ2v) is 9.30. The van der Waals surface area contributed by atoms with Crippen molar-refractivity contribution in [3.63, 3.8) is 0 Å². The number of nitrogens with one attached hydrogen (secondary N) is 2. The Bertz CT molecular complexity index is 1360. The van der Waals surface area contributed by atoms with Crippen molar-refractivity contribution in [1.29, 1.82) is 0 Å². The fourth-order valence-electron chi connectivity index (χ4n) is 3.13. The summed E-state index contributed by atoms with van der Waals surface area (Å²) in [6.45, 7) is 3.76. The van der Waals surface area contributed by atoms with Crippen LogP contribution in [0.3, 0.4) is 0 Å². The Morgan fingerprint density at radius 3 is 2.61 bits per heavy atom. The van der Waals surface area contributed by atoms with Gasteiger partial charge in [0.25, 0.3) is 5.56 Å². The molecule has 0 atom stereocenters. The predicted molar refractivity (Wildman–Crippen MR) is 126 cm³/mol. The van der Waals surface area contributed by atoms with E-state index < -0.39 is 21.6 Å². The number of halogens is 1. The number of carbonyl (C=O) groups is 1. The molecule has 0 saturated heterocycles. The number of aromatic nitrogens is 2. The van der Waals surface area contributed by atoms with Crippen LogP contribution < -0.4 is 15.6 Å². The number of sulfonamides is 1. The lowest BCUT2D eigenvalue weighted by Gasteiger charge is -2.13. The molecule has 0 fully saturated rings. The zero-order valence-electron chi connectivity index (χ0n) is 18.3. The molecule has 0 amide bonds. The minimum atomic E-state index is -3.69. The average Bonchev–Trinajstić information content (AvgIpc) is 2.80. The van der Waals surface area contributed by atoms with Crippen molar-refractivity contribution in [1.82, 2.24) is 14.5 Å². The fourth-order valence-corrected chi connectivity index (χ4v) is 4.68. The summed E-state index contributed by atoms with van der Waals surface area (Å²) in [6.07, 6.45) is 1.33. The van der Waals surface area contributed by atoms with E-state index in [-0.39, 0.29) is 39.9 Å². The van der Waals surface area contributed by atoms with Gasteiger partial charge in [-0.3, -0.25) is 4.79 Å². The maximum absolute atomic E-state index is 12.8. The monoisotopic (exact) mass is 490 g/mol. The quantitative estimate of drug-likeness (QED) is 0.368. The third-order valence-corrected chi connectivity index (χ3v) is 6.79. The minimum absolute atomic E-state index is 0.0559. The molecule has 11 heteroatoms. The maximum atomic E-state index is 12.8. The molecule has 0 aliphatic rings. The van der Waals surface area contributed by atoms with E-state index in [0.29, 0.717) is 5.56 Å². The first-order valence-corrected chi connectivity index (χ1v) is 11.8. The Hall–Kier alpha value is -3.21. The summed E-state index contributed by atoms with van der Waals surface area (Å²) in [5.74, 6) is -0.617. The fraction of sp³-hybridized carbons (Fsp3) is 0.227. The highest BCUT2D eigenvalue weighted by Crippen LogP contribution is 2.19. The number of carbonyl (C=O) groups excluding carboxylic acids is 1. The van der Waals surface area contributed by atoms with Gasteiger partial charge in [0.05, 0.1) is 35.1 Å². The van der Waals surface area contributed by atoms with Crippen molar-refractivity contribution in [2.24, 2.45) is 0 Å². The normalized spacial score (nSPS) is 11.3. The van der Waals surface area contributed by atoms with Crippen molar-refractivity contribution in [2.45, 2.75) is 18.7 Å². The molecule has 2 N–H and O–H groups in total. The zero-order chi connectivity index (χ0) is 24.2. The Kier molecular flexibility index (Phi) is 7.52. The van der Waals surface area contributed by atoms with E-state index in [4.69, 9.17) is 16.3 Å². The number of esters is 1. The number of rotatable bonds is 8. The number of benzene rings is 2. The molecular formula is C22H23ClN4O5S. The van der Waals surface area contributed by atoms with Gasteiger partial charge in [0.15, 0.2) is 0 Å². The zero-order valence-corrected chi connectivity index (χ0v) is 19.8. The van der Waals surface area contributed by atoms with Crippen LogP contribution in [0.4, 0.5) is 5.69 Å². The number of methoxy groups -OCH3 is 1. The molecule has 2 aromatic carbocycles. The smallest absolute Gasteiger partial charge is 0.340 e. The number of aryl methyl sites for hydroxylation is 2. The van der Waals surface area contributed by atoms with Crippen LogP contribution in [-0.4, -0.2) is 44.4 Å². The number of nitrogens with zero attached hydrogens (tertiary/aromatic N) is 2. The van der Waals surface area contributed by atoms with E-state index >= 15 is 0 Å². The Labute approximate surface area is 196 Å². The first-order chi connectivity index (χ1) is 15.7. The molecule has 0 saturated carbocycles. The van der Waals surface area contributed by atoms with Crippen LogP contribution in [-0.2, 0) is 14.8 Å². The molecule has 0 spiro atoms.